The van der Waals surface area contributed by atoms with Crippen LogP contribution in [0.3, 0.4) is 0 Å². The van der Waals surface area contributed by atoms with E-state index in [4.69, 9.17) is 17.2 Å². The molecule has 4 unspecified atom stereocenters. The highest BCUT2D eigenvalue weighted by molar-refractivity contribution is 5.95. The van der Waals surface area contributed by atoms with E-state index < -0.39 is 47.9 Å². The summed E-state index contributed by atoms with van der Waals surface area (Å²) in [6.07, 6.45) is 2.33. The number of para-hydroxylation sites is 1. The number of carboxylic acid groups (broad SMARTS) is 1. The second-order valence-electron chi connectivity index (χ2n) is 11.0. The van der Waals surface area contributed by atoms with Gasteiger partial charge in [-0.2, -0.15) is 0 Å². The highest BCUT2D eigenvalue weighted by Gasteiger charge is 2.31. The number of H-pyrrole nitrogens is 1. The van der Waals surface area contributed by atoms with Crippen LogP contribution in [-0.2, 0) is 32.0 Å². The maximum absolute atomic E-state index is 13.8. The van der Waals surface area contributed by atoms with Gasteiger partial charge in [-0.25, -0.2) is 4.79 Å². The number of aromatic nitrogens is 1. The number of aliphatic carboxylic acids is 1. The van der Waals surface area contributed by atoms with E-state index in [-0.39, 0.29) is 37.7 Å². The number of hydrogen-bond acceptors (Lipinski definition) is 6. The maximum Gasteiger partial charge on any atom is 0.326 e. The molecule has 0 aliphatic carbocycles. The van der Waals surface area contributed by atoms with E-state index in [9.17, 15) is 24.3 Å². The lowest BCUT2D eigenvalue weighted by Gasteiger charge is -2.26. The molecule has 13 nitrogen and oxygen atoms in total. The molecule has 0 aliphatic rings. The summed E-state index contributed by atoms with van der Waals surface area (Å²) in [5.41, 5.74) is 19.3. The van der Waals surface area contributed by atoms with Crippen molar-refractivity contribution in [2.24, 2.45) is 28.1 Å². The second kappa shape index (κ2) is 16.1. The molecule has 3 rings (SSSR count). The minimum Gasteiger partial charge on any atom is -0.480 e. The van der Waals surface area contributed by atoms with E-state index in [2.05, 4.69) is 25.9 Å². The fourth-order valence-electron chi connectivity index (χ4n) is 4.67. The number of carbonyl (C=O) groups excluding carboxylic acids is 3. The van der Waals surface area contributed by atoms with Gasteiger partial charge in [-0.15, -0.1) is 0 Å². The van der Waals surface area contributed by atoms with Crippen LogP contribution in [-0.4, -0.2) is 70.5 Å². The molecule has 236 valence electrons. The minimum absolute atomic E-state index is 0.0446. The largest absolute Gasteiger partial charge is 0.480 e. The first-order valence-corrected chi connectivity index (χ1v) is 14.5. The molecule has 1 heterocycles. The number of carboxylic acids is 1. The first-order valence-electron chi connectivity index (χ1n) is 14.5. The number of aliphatic imine (C=N–C) groups is 1. The van der Waals surface area contributed by atoms with Gasteiger partial charge in [0.25, 0.3) is 0 Å². The molecular formula is C31H42N8O5. The zero-order chi connectivity index (χ0) is 32.2. The topological polar surface area (TPSA) is 231 Å². The van der Waals surface area contributed by atoms with Crippen LogP contribution in [0.4, 0.5) is 0 Å². The Morgan fingerprint density at radius 2 is 1.45 bits per heavy atom. The summed E-state index contributed by atoms with van der Waals surface area (Å²) < 4.78 is 0. The van der Waals surface area contributed by atoms with E-state index in [1.54, 1.807) is 50.4 Å². The third-order valence-electron chi connectivity index (χ3n) is 7.23. The number of amides is 3. The number of benzene rings is 2. The monoisotopic (exact) mass is 606 g/mol. The average molecular weight is 607 g/mol. The number of nitrogens with zero attached hydrogens (tertiary/aromatic N) is 1. The second-order valence-corrected chi connectivity index (χ2v) is 11.0. The molecule has 3 amide bonds. The Kier molecular flexibility index (Phi) is 12.3. The van der Waals surface area contributed by atoms with Crippen LogP contribution >= 0.6 is 0 Å². The molecular weight excluding hydrogens is 564 g/mol. The number of rotatable bonds is 16. The summed E-state index contributed by atoms with van der Waals surface area (Å²) >= 11 is 0. The van der Waals surface area contributed by atoms with Gasteiger partial charge in [-0.1, -0.05) is 62.4 Å². The van der Waals surface area contributed by atoms with Crippen molar-refractivity contribution in [1.82, 2.24) is 20.9 Å². The molecule has 0 spiro atoms. The van der Waals surface area contributed by atoms with Crippen LogP contribution in [0.2, 0.25) is 0 Å². The quantitative estimate of drug-likeness (QED) is 0.0649. The molecule has 2 aromatic carbocycles. The Balaban J connectivity index is 1.85. The zero-order valence-corrected chi connectivity index (χ0v) is 25.0. The SMILES string of the molecule is CC(C)C(N)C(=O)NC(Cc1c[nH]c2ccccc12)C(=O)NC(CCCN=C(N)N)C(=O)NC(Cc1ccccc1)C(=O)O. The van der Waals surface area contributed by atoms with Gasteiger partial charge in [-0.05, 0) is 36.0 Å². The van der Waals surface area contributed by atoms with Gasteiger partial charge in [0.05, 0.1) is 6.04 Å². The first kappa shape index (κ1) is 33.6. The lowest BCUT2D eigenvalue weighted by atomic mass is 10.0. The number of carbonyl (C=O) groups is 4. The summed E-state index contributed by atoms with van der Waals surface area (Å²) in [6.45, 7) is 3.78. The molecule has 11 N–H and O–H groups in total. The molecule has 0 radical (unpaired) electrons. The van der Waals surface area contributed by atoms with Crippen molar-refractivity contribution < 1.29 is 24.3 Å². The third kappa shape index (κ3) is 9.83. The average Bonchev–Trinajstić information content (AvgIpc) is 3.40. The van der Waals surface area contributed by atoms with Crippen molar-refractivity contribution in [2.45, 2.75) is 63.7 Å². The summed E-state index contributed by atoms with van der Waals surface area (Å²) in [5, 5.41) is 18.7. The Hall–Kier alpha value is -4.91. The number of hydrogen-bond donors (Lipinski definition) is 8. The van der Waals surface area contributed by atoms with Gasteiger partial charge in [-0.3, -0.25) is 19.4 Å². The van der Waals surface area contributed by atoms with Crippen LogP contribution < -0.4 is 33.2 Å². The van der Waals surface area contributed by atoms with E-state index in [0.29, 0.717) is 6.42 Å². The van der Waals surface area contributed by atoms with Gasteiger partial charge in [0, 0.05) is 36.5 Å². The molecule has 0 bridgehead atoms. The Morgan fingerprint density at radius 1 is 0.841 bits per heavy atom. The van der Waals surface area contributed by atoms with Crippen LogP contribution in [0.1, 0.15) is 37.8 Å². The standard InChI is InChI=1S/C31H42N8O5/c1-18(2)26(32)29(42)38-24(16-20-17-36-22-12-7-6-11-21(20)22)28(41)37-23(13-8-14-35-31(33)34)27(40)39-25(30(43)44)15-19-9-4-3-5-10-19/h3-7,9-12,17-18,23-26,36H,8,13-16,32H2,1-2H3,(H,37,41)(H,38,42)(H,39,40)(H,43,44)(H4,33,34,35). The van der Waals surface area contributed by atoms with Crippen LogP contribution in [0, 0.1) is 5.92 Å². The normalized spacial score (nSPS) is 13.8. The molecule has 0 fully saturated rings. The predicted molar refractivity (Wildman–Crippen MR) is 168 cm³/mol. The third-order valence-corrected chi connectivity index (χ3v) is 7.23. The maximum atomic E-state index is 13.8. The number of guanidine groups is 1. The van der Waals surface area contributed by atoms with Crippen molar-refractivity contribution in [1.29, 1.82) is 0 Å². The fraction of sp³-hybridized carbons (Fsp3) is 0.387. The summed E-state index contributed by atoms with van der Waals surface area (Å²) in [6, 6.07) is 12.1. The fourth-order valence-corrected chi connectivity index (χ4v) is 4.67. The van der Waals surface area contributed by atoms with Crippen molar-refractivity contribution in [3.05, 3.63) is 71.9 Å². The van der Waals surface area contributed by atoms with Gasteiger partial charge in [0.2, 0.25) is 17.7 Å². The lowest BCUT2D eigenvalue weighted by Crippen LogP contribution is -2.58. The molecule has 0 aliphatic heterocycles. The molecule has 0 saturated carbocycles. The van der Waals surface area contributed by atoms with Gasteiger partial charge >= 0.3 is 5.97 Å². The summed E-state index contributed by atoms with van der Waals surface area (Å²) in [4.78, 5) is 59.3. The van der Waals surface area contributed by atoms with E-state index in [0.717, 1.165) is 22.0 Å². The molecule has 13 heteroatoms. The zero-order valence-electron chi connectivity index (χ0n) is 25.0. The number of nitrogens with one attached hydrogen (secondary N) is 4. The Bertz CT molecular complexity index is 1450. The highest BCUT2D eigenvalue weighted by atomic mass is 16.4. The van der Waals surface area contributed by atoms with Crippen LogP contribution in [0.15, 0.2) is 65.8 Å². The van der Waals surface area contributed by atoms with E-state index in [1.807, 2.05) is 24.3 Å². The van der Waals surface area contributed by atoms with Gasteiger partial charge in [0.15, 0.2) is 5.96 Å². The highest BCUT2D eigenvalue weighted by Crippen LogP contribution is 2.19. The summed E-state index contributed by atoms with van der Waals surface area (Å²) in [7, 11) is 0. The number of aromatic amines is 1. The van der Waals surface area contributed by atoms with Crippen LogP contribution in [0.25, 0.3) is 10.9 Å². The Labute approximate surface area is 256 Å². The minimum atomic E-state index is -1.24. The van der Waals surface area contributed by atoms with Crippen molar-refractivity contribution >= 4 is 40.6 Å². The molecule has 44 heavy (non-hydrogen) atoms. The van der Waals surface area contributed by atoms with E-state index in [1.165, 1.54) is 0 Å². The van der Waals surface area contributed by atoms with Gasteiger partial charge in [0.1, 0.15) is 18.1 Å². The first-order chi connectivity index (χ1) is 21.0. The van der Waals surface area contributed by atoms with Crippen molar-refractivity contribution in [3.63, 3.8) is 0 Å². The van der Waals surface area contributed by atoms with Crippen molar-refractivity contribution in [3.8, 4) is 0 Å². The predicted octanol–water partition coefficient (Wildman–Crippen LogP) is 0.529. The van der Waals surface area contributed by atoms with Gasteiger partial charge < -0.3 is 43.2 Å². The number of fused-ring (bicyclic) bond motifs is 1. The molecule has 0 saturated heterocycles. The molecule has 3 aromatic rings. The van der Waals surface area contributed by atoms with Crippen molar-refractivity contribution in [2.75, 3.05) is 6.54 Å². The summed E-state index contributed by atoms with van der Waals surface area (Å²) in [5.74, 6) is -3.35. The molecule has 4 atom stereocenters. The van der Waals surface area contributed by atoms with E-state index >= 15 is 0 Å². The van der Waals surface area contributed by atoms with Crippen LogP contribution in [0.5, 0.6) is 0 Å². The lowest BCUT2D eigenvalue weighted by molar-refractivity contribution is -0.142. The number of nitrogens with two attached hydrogens (primary N) is 3. The molecule has 1 aromatic heterocycles. The Morgan fingerprint density at radius 3 is 2.11 bits per heavy atom. The smallest absolute Gasteiger partial charge is 0.326 e.